The number of nitrogens with one attached hydrogen (secondary N) is 1. The molecule has 2 aromatic heterocycles. The average Bonchev–Trinajstić information content (AvgIpc) is 3.25. The summed E-state index contributed by atoms with van der Waals surface area (Å²) in [5.41, 5.74) is 2.23. The largest absolute Gasteiger partial charge is 0.451 e. The van der Waals surface area contributed by atoms with E-state index in [2.05, 4.69) is 20.1 Å². The summed E-state index contributed by atoms with van der Waals surface area (Å²) >= 11 is 6.01. The van der Waals surface area contributed by atoms with Gasteiger partial charge in [-0.05, 0) is 49.2 Å². The second-order valence-corrected chi connectivity index (χ2v) is 7.67. The summed E-state index contributed by atoms with van der Waals surface area (Å²) in [4.78, 5) is 12.7. The van der Waals surface area contributed by atoms with E-state index in [4.69, 9.17) is 16.0 Å². The maximum atomic E-state index is 12.7. The number of nitrogens with zero attached hydrogens (tertiary/aromatic N) is 3. The van der Waals surface area contributed by atoms with Crippen LogP contribution in [0.1, 0.15) is 35.6 Å². The summed E-state index contributed by atoms with van der Waals surface area (Å²) in [6.07, 6.45) is 4.45. The third kappa shape index (κ3) is 3.51. The van der Waals surface area contributed by atoms with Gasteiger partial charge >= 0.3 is 0 Å². The molecule has 0 aliphatic carbocycles. The van der Waals surface area contributed by atoms with Gasteiger partial charge in [0, 0.05) is 34.6 Å². The van der Waals surface area contributed by atoms with E-state index in [0.29, 0.717) is 16.3 Å². The molecule has 0 fully saturated rings. The van der Waals surface area contributed by atoms with Crippen LogP contribution in [0.5, 0.6) is 0 Å². The van der Waals surface area contributed by atoms with E-state index in [0.717, 1.165) is 48.4 Å². The molecule has 0 saturated carbocycles. The summed E-state index contributed by atoms with van der Waals surface area (Å²) < 4.78 is 7.84. The van der Waals surface area contributed by atoms with Crippen LogP contribution in [-0.4, -0.2) is 20.7 Å². The second kappa shape index (κ2) is 7.37. The Morgan fingerprint density at radius 3 is 2.93 bits per heavy atom. The Morgan fingerprint density at radius 1 is 1.07 bits per heavy atom. The lowest BCUT2D eigenvalue weighted by atomic mass is 10.2. The van der Waals surface area contributed by atoms with Gasteiger partial charge in [0.2, 0.25) is 0 Å². The highest BCUT2D eigenvalue weighted by Crippen LogP contribution is 2.26. The summed E-state index contributed by atoms with van der Waals surface area (Å²) in [5, 5.41) is 13.1. The lowest BCUT2D eigenvalue weighted by molar-refractivity contribution is 0.0998. The zero-order chi connectivity index (χ0) is 19.8. The molecule has 0 saturated heterocycles. The minimum atomic E-state index is -0.311. The normalized spacial score (nSPS) is 13.8. The number of anilines is 1. The number of fused-ring (bicyclic) bond motifs is 2. The van der Waals surface area contributed by atoms with E-state index in [1.807, 2.05) is 24.3 Å². The summed E-state index contributed by atoms with van der Waals surface area (Å²) in [6.45, 7) is 0.926. The molecule has 1 aliphatic rings. The van der Waals surface area contributed by atoms with Crippen molar-refractivity contribution in [3.63, 3.8) is 0 Å². The van der Waals surface area contributed by atoms with Crippen molar-refractivity contribution in [1.29, 1.82) is 0 Å². The molecule has 1 N–H and O–H groups in total. The third-order valence-corrected chi connectivity index (χ3v) is 5.43. The smallest absolute Gasteiger partial charge is 0.291 e. The van der Waals surface area contributed by atoms with Gasteiger partial charge in [-0.15, -0.1) is 10.2 Å². The van der Waals surface area contributed by atoms with Crippen molar-refractivity contribution in [3.05, 3.63) is 65.1 Å². The molecule has 4 aromatic rings. The Kier molecular flexibility index (Phi) is 4.56. The first-order valence-electron chi connectivity index (χ1n) is 9.70. The number of amides is 1. The molecular formula is C22H19ClN4O2. The van der Waals surface area contributed by atoms with Crippen molar-refractivity contribution in [2.45, 2.75) is 32.2 Å². The summed E-state index contributed by atoms with van der Waals surface area (Å²) in [7, 11) is 0. The molecule has 2 aromatic carbocycles. The van der Waals surface area contributed by atoms with Gasteiger partial charge in [0.05, 0.1) is 0 Å². The molecule has 3 heterocycles. The van der Waals surface area contributed by atoms with Crippen molar-refractivity contribution >= 4 is 34.2 Å². The number of furan rings is 1. The van der Waals surface area contributed by atoms with Crippen molar-refractivity contribution in [2.24, 2.45) is 0 Å². The fourth-order valence-electron chi connectivity index (χ4n) is 3.75. The Bertz CT molecular complexity index is 1210. The van der Waals surface area contributed by atoms with Crippen LogP contribution in [-0.2, 0) is 13.0 Å². The fourth-order valence-corrected chi connectivity index (χ4v) is 3.93. The SMILES string of the molecule is O=C(Nc1cccc(-c2nnc3n2CCCCC3)c1)c1cc2cc(Cl)ccc2o1. The van der Waals surface area contributed by atoms with Gasteiger partial charge in [0.25, 0.3) is 5.91 Å². The lowest BCUT2D eigenvalue weighted by Gasteiger charge is -2.09. The Labute approximate surface area is 172 Å². The Hall–Kier alpha value is -3.12. The molecule has 0 unspecified atom stereocenters. The van der Waals surface area contributed by atoms with Crippen LogP contribution in [0, 0.1) is 0 Å². The van der Waals surface area contributed by atoms with Crippen LogP contribution in [0.3, 0.4) is 0 Å². The molecule has 0 radical (unpaired) electrons. The van der Waals surface area contributed by atoms with E-state index in [-0.39, 0.29) is 11.7 Å². The standard InChI is InChI=1S/C22H19ClN4O2/c23-16-8-9-18-15(11-16)13-19(29-18)22(28)24-17-6-4-5-14(12-17)21-26-25-20-7-2-1-3-10-27(20)21/h4-6,8-9,11-13H,1-3,7,10H2,(H,24,28). The summed E-state index contributed by atoms with van der Waals surface area (Å²) in [6, 6.07) is 14.6. The highest BCUT2D eigenvalue weighted by atomic mass is 35.5. The van der Waals surface area contributed by atoms with Crippen LogP contribution in [0.15, 0.2) is 52.9 Å². The molecule has 1 amide bonds. The number of hydrogen-bond donors (Lipinski definition) is 1. The number of carbonyl (C=O) groups is 1. The lowest BCUT2D eigenvalue weighted by Crippen LogP contribution is -2.11. The van der Waals surface area contributed by atoms with Crippen LogP contribution in [0.25, 0.3) is 22.4 Å². The van der Waals surface area contributed by atoms with Crippen LogP contribution >= 0.6 is 11.6 Å². The molecular weight excluding hydrogens is 388 g/mol. The molecule has 0 atom stereocenters. The number of halogens is 1. The monoisotopic (exact) mass is 406 g/mol. The van der Waals surface area contributed by atoms with E-state index in [9.17, 15) is 4.79 Å². The number of benzene rings is 2. The Morgan fingerprint density at radius 2 is 2.00 bits per heavy atom. The zero-order valence-corrected chi connectivity index (χ0v) is 16.4. The van der Waals surface area contributed by atoms with Gasteiger partial charge in [0.1, 0.15) is 11.4 Å². The number of aryl methyl sites for hydroxylation is 1. The molecule has 5 rings (SSSR count). The van der Waals surface area contributed by atoms with Gasteiger partial charge in [-0.25, -0.2) is 0 Å². The zero-order valence-electron chi connectivity index (χ0n) is 15.7. The number of hydrogen-bond acceptors (Lipinski definition) is 4. The maximum Gasteiger partial charge on any atom is 0.291 e. The van der Waals surface area contributed by atoms with Crippen LogP contribution in [0.2, 0.25) is 5.02 Å². The van der Waals surface area contributed by atoms with Gasteiger partial charge in [-0.1, -0.05) is 30.2 Å². The van der Waals surface area contributed by atoms with Crippen LogP contribution in [0.4, 0.5) is 5.69 Å². The first kappa shape index (κ1) is 17.9. The Balaban J connectivity index is 1.41. The fraction of sp³-hybridized carbons (Fsp3) is 0.227. The average molecular weight is 407 g/mol. The molecule has 7 heteroatoms. The van der Waals surface area contributed by atoms with Gasteiger partial charge in [0.15, 0.2) is 11.6 Å². The molecule has 0 spiro atoms. The third-order valence-electron chi connectivity index (χ3n) is 5.19. The molecule has 146 valence electrons. The van der Waals surface area contributed by atoms with Crippen molar-refractivity contribution < 1.29 is 9.21 Å². The molecule has 6 nitrogen and oxygen atoms in total. The van der Waals surface area contributed by atoms with Crippen molar-refractivity contribution in [1.82, 2.24) is 14.8 Å². The number of carbonyl (C=O) groups excluding carboxylic acids is 1. The number of aromatic nitrogens is 3. The summed E-state index contributed by atoms with van der Waals surface area (Å²) in [5.74, 6) is 1.81. The van der Waals surface area contributed by atoms with Crippen molar-refractivity contribution in [3.8, 4) is 11.4 Å². The minimum Gasteiger partial charge on any atom is -0.451 e. The molecule has 29 heavy (non-hydrogen) atoms. The topological polar surface area (TPSA) is 73.0 Å². The first-order chi connectivity index (χ1) is 14.2. The molecule has 0 bridgehead atoms. The van der Waals surface area contributed by atoms with Gasteiger partial charge < -0.3 is 14.3 Å². The molecule has 1 aliphatic heterocycles. The number of rotatable bonds is 3. The highest BCUT2D eigenvalue weighted by Gasteiger charge is 2.17. The predicted octanol–water partition coefficient (Wildman–Crippen LogP) is 5.32. The van der Waals surface area contributed by atoms with E-state index >= 15 is 0 Å². The van der Waals surface area contributed by atoms with Gasteiger partial charge in [-0.3, -0.25) is 4.79 Å². The maximum absolute atomic E-state index is 12.7. The highest BCUT2D eigenvalue weighted by molar-refractivity contribution is 6.31. The predicted molar refractivity (Wildman–Crippen MR) is 112 cm³/mol. The quantitative estimate of drug-likeness (QED) is 0.499. The van der Waals surface area contributed by atoms with E-state index in [1.165, 1.54) is 6.42 Å². The minimum absolute atomic E-state index is 0.240. The van der Waals surface area contributed by atoms with Crippen molar-refractivity contribution in [2.75, 3.05) is 5.32 Å². The van der Waals surface area contributed by atoms with E-state index in [1.54, 1.807) is 24.3 Å². The van der Waals surface area contributed by atoms with Crippen LogP contribution < -0.4 is 5.32 Å². The second-order valence-electron chi connectivity index (χ2n) is 7.23. The van der Waals surface area contributed by atoms with Gasteiger partial charge in [-0.2, -0.15) is 0 Å². The van der Waals surface area contributed by atoms with E-state index < -0.39 is 0 Å². The first-order valence-corrected chi connectivity index (χ1v) is 10.1.